The van der Waals surface area contributed by atoms with E-state index in [-0.39, 0.29) is 12.3 Å². The maximum absolute atomic E-state index is 12.3. The van der Waals surface area contributed by atoms with Gasteiger partial charge in [-0.15, -0.1) is 0 Å². The molecule has 0 fully saturated rings. The molecule has 0 aliphatic carbocycles. The van der Waals surface area contributed by atoms with Crippen molar-refractivity contribution in [2.24, 2.45) is 5.10 Å². The molecule has 0 aromatic heterocycles. The highest BCUT2D eigenvalue weighted by Gasteiger charge is 2.08. The highest BCUT2D eigenvalue weighted by Crippen LogP contribution is 2.28. The standard InChI is InChI=1S/C22H21BrN2O3/c1-3-28-20-11-8-15(12-21(20)27-2)14-24-25-22(26)13-16-9-10-19(23)18-7-5-4-6-17(16)18/h4-12,14H,3,13H2,1-2H3,(H,25,26)/b24-14-. The van der Waals surface area contributed by atoms with Crippen LogP contribution in [0.15, 0.2) is 64.2 Å². The lowest BCUT2D eigenvalue weighted by Crippen LogP contribution is -2.19. The molecule has 1 amide bonds. The predicted molar refractivity (Wildman–Crippen MR) is 115 cm³/mol. The monoisotopic (exact) mass is 440 g/mol. The minimum atomic E-state index is -0.179. The summed E-state index contributed by atoms with van der Waals surface area (Å²) >= 11 is 3.55. The first-order chi connectivity index (χ1) is 13.6. The summed E-state index contributed by atoms with van der Waals surface area (Å²) in [6.07, 6.45) is 1.83. The Morgan fingerprint density at radius 1 is 1.11 bits per heavy atom. The lowest BCUT2D eigenvalue weighted by molar-refractivity contribution is -0.120. The van der Waals surface area contributed by atoms with Crippen LogP contribution in [0.2, 0.25) is 0 Å². The minimum absolute atomic E-state index is 0.179. The molecule has 3 rings (SSSR count). The molecule has 5 nitrogen and oxygen atoms in total. The van der Waals surface area contributed by atoms with Crippen molar-refractivity contribution in [1.29, 1.82) is 0 Å². The van der Waals surface area contributed by atoms with Gasteiger partial charge in [-0.25, -0.2) is 5.43 Å². The van der Waals surface area contributed by atoms with E-state index in [0.717, 1.165) is 26.4 Å². The molecule has 0 aliphatic heterocycles. The number of fused-ring (bicyclic) bond motifs is 1. The second-order valence-corrected chi connectivity index (χ2v) is 6.92. The zero-order chi connectivity index (χ0) is 19.9. The number of benzene rings is 3. The molecule has 0 saturated heterocycles. The van der Waals surface area contributed by atoms with Crippen LogP contribution in [-0.2, 0) is 11.2 Å². The zero-order valence-corrected chi connectivity index (χ0v) is 17.3. The van der Waals surface area contributed by atoms with Crippen molar-refractivity contribution in [2.75, 3.05) is 13.7 Å². The number of hydrogen-bond donors (Lipinski definition) is 1. The first-order valence-corrected chi connectivity index (χ1v) is 9.70. The number of methoxy groups -OCH3 is 1. The van der Waals surface area contributed by atoms with E-state index in [1.165, 1.54) is 0 Å². The van der Waals surface area contributed by atoms with Gasteiger partial charge in [0.25, 0.3) is 0 Å². The third-order valence-electron chi connectivity index (χ3n) is 4.20. The Morgan fingerprint density at radius 3 is 2.64 bits per heavy atom. The lowest BCUT2D eigenvalue weighted by atomic mass is 10.0. The molecule has 144 valence electrons. The van der Waals surface area contributed by atoms with Crippen molar-refractivity contribution in [1.82, 2.24) is 5.43 Å². The fourth-order valence-corrected chi connectivity index (χ4v) is 3.39. The van der Waals surface area contributed by atoms with Crippen molar-refractivity contribution < 1.29 is 14.3 Å². The molecule has 0 heterocycles. The normalized spacial score (nSPS) is 11.0. The van der Waals surface area contributed by atoms with Gasteiger partial charge in [-0.3, -0.25) is 4.79 Å². The third-order valence-corrected chi connectivity index (χ3v) is 4.89. The van der Waals surface area contributed by atoms with Gasteiger partial charge >= 0.3 is 0 Å². The number of ether oxygens (including phenoxy) is 2. The van der Waals surface area contributed by atoms with E-state index in [9.17, 15) is 4.79 Å². The highest BCUT2D eigenvalue weighted by molar-refractivity contribution is 9.10. The SMILES string of the molecule is CCOc1ccc(/C=N\NC(=O)Cc2ccc(Br)c3ccccc23)cc1OC. The molecule has 0 aliphatic rings. The summed E-state index contributed by atoms with van der Waals surface area (Å²) < 4.78 is 11.8. The second kappa shape index (κ2) is 9.37. The van der Waals surface area contributed by atoms with Gasteiger partial charge in [0.15, 0.2) is 11.5 Å². The van der Waals surface area contributed by atoms with Crippen molar-refractivity contribution in [3.05, 3.63) is 70.2 Å². The smallest absolute Gasteiger partial charge is 0.244 e. The number of amides is 1. The van der Waals surface area contributed by atoms with E-state index in [4.69, 9.17) is 9.47 Å². The number of rotatable bonds is 7. The quantitative estimate of drug-likeness (QED) is 0.427. The van der Waals surface area contributed by atoms with E-state index >= 15 is 0 Å². The largest absolute Gasteiger partial charge is 0.493 e. The molecule has 0 saturated carbocycles. The highest BCUT2D eigenvalue weighted by atomic mass is 79.9. The summed E-state index contributed by atoms with van der Waals surface area (Å²) in [5.74, 6) is 1.12. The van der Waals surface area contributed by atoms with Crippen LogP contribution in [0.4, 0.5) is 0 Å². The van der Waals surface area contributed by atoms with Gasteiger partial charge in [0.2, 0.25) is 5.91 Å². The number of nitrogens with zero attached hydrogens (tertiary/aromatic N) is 1. The van der Waals surface area contributed by atoms with E-state index in [0.29, 0.717) is 18.1 Å². The molecule has 6 heteroatoms. The number of halogens is 1. The van der Waals surface area contributed by atoms with Crippen LogP contribution in [0.25, 0.3) is 10.8 Å². The van der Waals surface area contributed by atoms with E-state index < -0.39 is 0 Å². The first-order valence-electron chi connectivity index (χ1n) is 8.91. The molecule has 0 unspecified atom stereocenters. The number of hydrazone groups is 1. The van der Waals surface area contributed by atoms with Gasteiger partial charge in [-0.2, -0.15) is 5.10 Å². The molecule has 28 heavy (non-hydrogen) atoms. The maximum atomic E-state index is 12.3. The van der Waals surface area contributed by atoms with Crippen LogP contribution >= 0.6 is 15.9 Å². The van der Waals surface area contributed by atoms with Crippen LogP contribution in [0, 0.1) is 0 Å². The van der Waals surface area contributed by atoms with Crippen molar-refractivity contribution >= 4 is 38.8 Å². The average molecular weight is 441 g/mol. The summed E-state index contributed by atoms with van der Waals surface area (Å²) in [7, 11) is 1.59. The van der Waals surface area contributed by atoms with E-state index in [1.807, 2.05) is 61.5 Å². The Morgan fingerprint density at radius 2 is 1.89 bits per heavy atom. The summed E-state index contributed by atoms with van der Waals surface area (Å²) in [6, 6.07) is 17.4. The Labute approximate surface area is 172 Å². The predicted octanol–water partition coefficient (Wildman–Crippen LogP) is 4.70. The summed E-state index contributed by atoms with van der Waals surface area (Å²) in [6.45, 7) is 2.48. The number of carbonyl (C=O) groups excluding carboxylic acids is 1. The number of carbonyl (C=O) groups is 1. The van der Waals surface area contributed by atoms with Gasteiger partial charge in [0, 0.05) is 4.47 Å². The summed E-state index contributed by atoms with van der Waals surface area (Å²) in [5.41, 5.74) is 4.34. The molecule has 1 N–H and O–H groups in total. The molecule has 0 radical (unpaired) electrons. The van der Waals surface area contributed by atoms with Gasteiger partial charge in [0.1, 0.15) is 0 Å². The zero-order valence-electron chi connectivity index (χ0n) is 15.7. The first kappa shape index (κ1) is 19.9. The number of nitrogens with one attached hydrogen (secondary N) is 1. The molecule has 3 aromatic rings. The van der Waals surface area contributed by atoms with Crippen LogP contribution < -0.4 is 14.9 Å². The van der Waals surface area contributed by atoms with Gasteiger partial charge in [0.05, 0.1) is 26.4 Å². The fourth-order valence-electron chi connectivity index (χ4n) is 2.91. The van der Waals surface area contributed by atoms with Gasteiger partial charge in [-0.05, 0) is 53.1 Å². The minimum Gasteiger partial charge on any atom is -0.493 e. The van der Waals surface area contributed by atoms with Crippen LogP contribution in [-0.4, -0.2) is 25.8 Å². The third kappa shape index (κ3) is 4.70. The van der Waals surface area contributed by atoms with Crippen LogP contribution in [0.5, 0.6) is 11.5 Å². The second-order valence-electron chi connectivity index (χ2n) is 6.07. The van der Waals surface area contributed by atoms with Crippen molar-refractivity contribution in [3.63, 3.8) is 0 Å². The Kier molecular flexibility index (Phi) is 6.66. The van der Waals surface area contributed by atoms with Crippen molar-refractivity contribution in [2.45, 2.75) is 13.3 Å². The van der Waals surface area contributed by atoms with Crippen molar-refractivity contribution in [3.8, 4) is 11.5 Å². The molecule has 0 atom stereocenters. The Bertz CT molecular complexity index is 1020. The van der Waals surface area contributed by atoms with Gasteiger partial charge < -0.3 is 9.47 Å². The average Bonchev–Trinajstić information content (AvgIpc) is 2.71. The topological polar surface area (TPSA) is 59.9 Å². The fraction of sp³-hybridized carbons (Fsp3) is 0.182. The Balaban J connectivity index is 1.67. The molecule has 0 spiro atoms. The van der Waals surface area contributed by atoms with E-state index in [2.05, 4.69) is 26.5 Å². The molecular formula is C22H21BrN2O3. The van der Waals surface area contributed by atoms with Crippen LogP contribution in [0.3, 0.4) is 0 Å². The van der Waals surface area contributed by atoms with E-state index in [1.54, 1.807) is 13.3 Å². The number of hydrogen-bond acceptors (Lipinski definition) is 4. The molecular weight excluding hydrogens is 420 g/mol. The Hall–Kier alpha value is -2.86. The molecule has 3 aromatic carbocycles. The van der Waals surface area contributed by atoms with Gasteiger partial charge in [-0.1, -0.05) is 46.3 Å². The van der Waals surface area contributed by atoms with Crippen LogP contribution in [0.1, 0.15) is 18.1 Å². The lowest BCUT2D eigenvalue weighted by Gasteiger charge is -2.09. The maximum Gasteiger partial charge on any atom is 0.244 e. The summed E-state index contributed by atoms with van der Waals surface area (Å²) in [5, 5.41) is 6.19. The molecule has 0 bridgehead atoms. The summed E-state index contributed by atoms with van der Waals surface area (Å²) in [4.78, 5) is 12.3.